The minimum Gasteiger partial charge on any atom is -0.333 e. The molecule has 0 spiro atoms. The van der Waals surface area contributed by atoms with Crippen molar-refractivity contribution in [1.82, 2.24) is 15.3 Å². The van der Waals surface area contributed by atoms with E-state index in [0.29, 0.717) is 6.08 Å². The maximum atomic E-state index is 13.9. The zero-order valence-electron chi connectivity index (χ0n) is 16.1. The van der Waals surface area contributed by atoms with Crippen molar-refractivity contribution in [2.75, 3.05) is 7.05 Å². The number of nitrogens with one attached hydrogen (secondary N) is 1. The van der Waals surface area contributed by atoms with Gasteiger partial charge in [-0.1, -0.05) is 37.6 Å². The second-order valence-corrected chi connectivity index (χ2v) is 7.83. The molecule has 4 nitrogen and oxygen atoms in total. The van der Waals surface area contributed by atoms with Crippen LogP contribution in [0.1, 0.15) is 49.3 Å². The molecule has 3 rings (SSSR count). The highest BCUT2D eigenvalue weighted by molar-refractivity contribution is 5.90. The average Bonchev–Trinajstić information content (AvgIpc) is 3.37. The van der Waals surface area contributed by atoms with Gasteiger partial charge in [0, 0.05) is 25.7 Å². The molecule has 1 atom stereocenters. The van der Waals surface area contributed by atoms with Crippen molar-refractivity contribution in [2.24, 2.45) is 0 Å². The van der Waals surface area contributed by atoms with Crippen LogP contribution in [0, 0.1) is 6.92 Å². The van der Waals surface area contributed by atoms with Gasteiger partial charge in [-0.15, -0.1) is 0 Å². The maximum absolute atomic E-state index is 13.9. The zero-order chi connectivity index (χ0) is 19.9. The summed E-state index contributed by atoms with van der Waals surface area (Å²) in [5.74, 6) is -1.41. The van der Waals surface area contributed by atoms with Crippen LogP contribution in [-0.2, 0) is 11.3 Å². The number of alkyl halides is 2. The van der Waals surface area contributed by atoms with Crippen molar-refractivity contribution in [2.45, 2.75) is 64.1 Å². The van der Waals surface area contributed by atoms with E-state index in [1.54, 1.807) is 0 Å². The molecule has 1 aromatic carbocycles. The van der Waals surface area contributed by atoms with Gasteiger partial charge in [0.15, 0.2) is 5.54 Å². The Labute approximate surface area is 158 Å². The summed E-state index contributed by atoms with van der Waals surface area (Å²) >= 11 is 0. The third-order valence-electron chi connectivity index (χ3n) is 5.23. The second-order valence-electron chi connectivity index (χ2n) is 7.83. The van der Waals surface area contributed by atoms with Crippen LogP contribution in [-0.4, -0.2) is 40.9 Å². The lowest BCUT2D eigenvalue weighted by Crippen LogP contribution is -2.61. The molecule has 0 saturated heterocycles. The number of aryl methyl sites for hydroxylation is 1. The Bertz CT molecular complexity index is 761. The molecule has 27 heavy (non-hydrogen) atoms. The summed E-state index contributed by atoms with van der Waals surface area (Å²) in [7, 11) is 1.28. The Morgan fingerprint density at radius 2 is 2.04 bits per heavy atom. The number of rotatable bonds is 6. The van der Waals surface area contributed by atoms with Gasteiger partial charge in [0.05, 0.1) is 0 Å². The van der Waals surface area contributed by atoms with Crippen LogP contribution in [0.5, 0.6) is 0 Å². The number of nitrogens with zero attached hydrogens (tertiary/aromatic N) is 2. The van der Waals surface area contributed by atoms with Crippen LogP contribution in [0.25, 0.3) is 0 Å². The fourth-order valence-electron chi connectivity index (χ4n) is 3.57. The highest BCUT2D eigenvalue weighted by atomic mass is 19.3. The van der Waals surface area contributed by atoms with Gasteiger partial charge in [-0.05, 0) is 36.8 Å². The highest BCUT2D eigenvalue weighted by Crippen LogP contribution is 2.36. The van der Waals surface area contributed by atoms with Crippen molar-refractivity contribution >= 4 is 5.91 Å². The third kappa shape index (κ3) is 3.70. The number of benzene rings is 1. The molecule has 0 bridgehead atoms. The normalized spacial score (nSPS) is 22.6. The van der Waals surface area contributed by atoms with Crippen molar-refractivity contribution < 1.29 is 18.0 Å². The summed E-state index contributed by atoms with van der Waals surface area (Å²) in [4.78, 5) is 14.7. The number of hydrazine groups is 1. The molecule has 0 aromatic heterocycles. The van der Waals surface area contributed by atoms with Crippen LogP contribution < -0.4 is 5.43 Å². The molecular formula is C20H26F3N3O. The summed E-state index contributed by atoms with van der Waals surface area (Å²) in [5.41, 5.74) is 3.06. The lowest BCUT2D eigenvalue weighted by Gasteiger charge is -2.34. The number of carbonyl (C=O) groups excluding carboxylic acids is 1. The molecule has 1 N–H and O–H groups in total. The summed E-state index contributed by atoms with van der Waals surface area (Å²) in [5, 5.41) is 0.835. The molecule has 1 aromatic rings. The number of hydrogen-bond acceptors (Lipinski definition) is 3. The molecule has 2 aliphatic rings. The first-order valence-electron chi connectivity index (χ1n) is 9.24. The predicted octanol–water partition coefficient (Wildman–Crippen LogP) is 3.87. The molecule has 0 radical (unpaired) electrons. The first-order chi connectivity index (χ1) is 12.7. The fourth-order valence-corrected chi connectivity index (χ4v) is 3.57. The predicted molar refractivity (Wildman–Crippen MR) is 97.7 cm³/mol. The van der Waals surface area contributed by atoms with Crippen molar-refractivity contribution in [1.29, 1.82) is 0 Å². The third-order valence-corrected chi connectivity index (χ3v) is 5.23. The van der Waals surface area contributed by atoms with E-state index in [1.807, 2.05) is 25.1 Å². The molecule has 1 heterocycles. The summed E-state index contributed by atoms with van der Waals surface area (Å²) < 4.78 is 41.7. The van der Waals surface area contributed by atoms with Gasteiger partial charge in [-0.3, -0.25) is 9.80 Å². The standard InChI is InChI=1S/C20H26F3N3O/c1-12(2)16-8-5-13(3)9-14(16)11-26(15-6-7-15)19(27)20(18(22)23)10-17(21)25(4)24-20/h5,8-10,12,15,18,24H,6-7,11H2,1-4H3. The van der Waals surface area contributed by atoms with Crippen LogP contribution in [0.15, 0.2) is 30.2 Å². The van der Waals surface area contributed by atoms with Crippen LogP contribution in [0.3, 0.4) is 0 Å². The lowest BCUT2D eigenvalue weighted by atomic mass is 9.94. The first-order valence-corrected chi connectivity index (χ1v) is 9.24. The number of amides is 1. The van der Waals surface area contributed by atoms with E-state index >= 15 is 0 Å². The van der Waals surface area contributed by atoms with Gasteiger partial charge in [0.2, 0.25) is 5.95 Å². The van der Waals surface area contributed by atoms with Gasteiger partial charge in [-0.25, -0.2) is 14.2 Å². The van der Waals surface area contributed by atoms with Gasteiger partial charge in [0.25, 0.3) is 12.3 Å². The van der Waals surface area contributed by atoms with Gasteiger partial charge < -0.3 is 4.90 Å². The molecule has 1 unspecified atom stereocenters. The molecule has 1 saturated carbocycles. The zero-order valence-corrected chi connectivity index (χ0v) is 16.1. The minimum atomic E-state index is -3.07. The summed E-state index contributed by atoms with van der Waals surface area (Å²) in [6, 6.07) is 5.94. The van der Waals surface area contributed by atoms with E-state index < -0.39 is 23.8 Å². The van der Waals surface area contributed by atoms with Gasteiger partial charge >= 0.3 is 0 Å². The molecule has 1 fully saturated rings. The number of carbonyl (C=O) groups is 1. The molecule has 148 valence electrons. The van der Waals surface area contributed by atoms with E-state index in [9.17, 15) is 18.0 Å². The lowest BCUT2D eigenvalue weighted by molar-refractivity contribution is -0.145. The van der Waals surface area contributed by atoms with Crippen molar-refractivity contribution in [3.63, 3.8) is 0 Å². The molecule has 1 aliphatic carbocycles. The van der Waals surface area contributed by atoms with Crippen LogP contribution >= 0.6 is 0 Å². The maximum Gasteiger partial charge on any atom is 0.270 e. The average molecular weight is 381 g/mol. The second kappa shape index (κ2) is 7.19. The quantitative estimate of drug-likeness (QED) is 0.760. The number of halogens is 3. The smallest absolute Gasteiger partial charge is 0.270 e. The Morgan fingerprint density at radius 1 is 1.37 bits per heavy atom. The number of hydrogen-bond donors (Lipinski definition) is 1. The van der Waals surface area contributed by atoms with Crippen LogP contribution in [0.2, 0.25) is 0 Å². The SMILES string of the molecule is Cc1ccc(C(C)C)c(CN(C(=O)C2(C(F)F)C=C(F)N(C)N2)C2CC2)c1. The Kier molecular flexibility index (Phi) is 5.25. The Hall–Kier alpha value is -2.02. The molecule has 1 amide bonds. The van der Waals surface area contributed by atoms with Gasteiger partial charge in [0.1, 0.15) is 0 Å². The summed E-state index contributed by atoms with van der Waals surface area (Å²) in [6.45, 7) is 6.32. The van der Waals surface area contributed by atoms with E-state index in [1.165, 1.54) is 11.9 Å². The highest BCUT2D eigenvalue weighted by Gasteiger charge is 2.54. The fraction of sp³-hybridized carbons (Fsp3) is 0.550. The van der Waals surface area contributed by atoms with E-state index in [2.05, 4.69) is 19.3 Å². The Balaban J connectivity index is 1.95. The largest absolute Gasteiger partial charge is 0.333 e. The molecular weight excluding hydrogens is 355 g/mol. The molecule has 1 aliphatic heterocycles. The van der Waals surface area contributed by atoms with Crippen molar-refractivity contribution in [3.8, 4) is 0 Å². The molecule has 7 heteroatoms. The van der Waals surface area contributed by atoms with Crippen molar-refractivity contribution in [3.05, 3.63) is 46.9 Å². The summed E-state index contributed by atoms with van der Waals surface area (Å²) in [6.07, 6.45) is -0.815. The Morgan fingerprint density at radius 3 is 2.52 bits per heavy atom. The van der Waals surface area contributed by atoms with E-state index in [0.717, 1.165) is 34.5 Å². The van der Waals surface area contributed by atoms with E-state index in [4.69, 9.17) is 0 Å². The van der Waals surface area contributed by atoms with Gasteiger partial charge in [-0.2, -0.15) is 4.39 Å². The van der Waals surface area contributed by atoms with Crippen LogP contribution in [0.4, 0.5) is 13.2 Å². The first kappa shape index (κ1) is 19.7. The topological polar surface area (TPSA) is 35.6 Å². The van der Waals surface area contributed by atoms with E-state index in [-0.39, 0.29) is 18.5 Å². The monoisotopic (exact) mass is 381 g/mol. The minimum absolute atomic E-state index is 0.0854.